The van der Waals surface area contributed by atoms with Crippen molar-refractivity contribution in [3.05, 3.63) is 29.3 Å². The average Bonchev–Trinajstić information content (AvgIpc) is 3.07. The number of carbonyl (C=O) groups is 1. The molecule has 1 aromatic rings. The van der Waals surface area contributed by atoms with Gasteiger partial charge in [-0.3, -0.25) is 4.79 Å². The standard InChI is InChI=1S/C15H20O3/c1-9-5-4-6-13(16)14(9)10(2)7-11-8-12(11)15(17)18-3/h4-6,10-12,16H,7-8H2,1-3H3. The summed E-state index contributed by atoms with van der Waals surface area (Å²) in [5, 5.41) is 9.92. The molecular formula is C15H20O3. The largest absolute Gasteiger partial charge is 0.508 e. The highest BCUT2D eigenvalue weighted by Crippen LogP contribution is 2.47. The maximum absolute atomic E-state index is 11.4. The molecule has 3 nitrogen and oxygen atoms in total. The van der Waals surface area contributed by atoms with Crippen molar-refractivity contribution in [3.8, 4) is 5.75 Å². The summed E-state index contributed by atoms with van der Waals surface area (Å²) in [6.07, 6.45) is 1.85. The lowest BCUT2D eigenvalue weighted by atomic mass is 9.90. The normalized spacial score (nSPS) is 23.5. The van der Waals surface area contributed by atoms with E-state index in [-0.39, 0.29) is 17.8 Å². The third-order valence-electron chi connectivity index (χ3n) is 3.88. The number of aryl methyl sites for hydroxylation is 1. The fraction of sp³-hybridized carbons (Fsp3) is 0.533. The lowest BCUT2D eigenvalue weighted by molar-refractivity contribution is -0.142. The van der Waals surface area contributed by atoms with Crippen LogP contribution in [-0.2, 0) is 9.53 Å². The second kappa shape index (κ2) is 5.01. The van der Waals surface area contributed by atoms with Crippen molar-refractivity contribution in [2.24, 2.45) is 11.8 Å². The molecule has 1 saturated carbocycles. The van der Waals surface area contributed by atoms with Crippen LogP contribution < -0.4 is 0 Å². The van der Waals surface area contributed by atoms with Crippen molar-refractivity contribution in [2.45, 2.75) is 32.6 Å². The molecule has 0 spiro atoms. The van der Waals surface area contributed by atoms with E-state index in [9.17, 15) is 9.90 Å². The predicted octanol–water partition coefficient (Wildman–Crippen LogP) is 3.00. The van der Waals surface area contributed by atoms with Gasteiger partial charge in [0.1, 0.15) is 5.75 Å². The van der Waals surface area contributed by atoms with E-state index in [1.165, 1.54) is 7.11 Å². The van der Waals surface area contributed by atoms with Gasteiger partial charge in [0.2, 0.25) is 0 Å². The number of benzene rings is 1. The Labute approximate surface area is 108 Å². The zero-order chi connectivity index (χ0) is 13.3. The lowest BCUT2D eigenvalue weighted by Gasteiger charge is -2.16. The number of methoxy groups -OCH3 is 1. The number of rotatable bonds is 4. The van der Waals surface area contributed by atoms with Gasteiger partial charge in [-0.15, -0.1) is 0 Å². The van der Waals surface area contributed by atoms with Crippen LogP contribution in [0.4, 0.5) is 0 Å². The maximum atomic E-state index is 11.4. The van der Waals surface area contributed by atoms with E-state index in [2.05, 4.69) is 6.92 Å². The van der Waals surface area contributed by atoms with E-state index in [0.717, 1.165) is 24.0 Å². The van der Waals surface area contributed by atoms with Crippen molar-refractivity contribution in [3.63, 3.8) is 0 Å². The Hall–Kier alpha value is -1.51. The van der Waals surface area contributed by atoms with E-state index < -0.39 is 0 Å². The van der Waals surface area contributed by atoms with Gasteiger partial charge >= 0.3 is 5.97 Å². The highest BCUT2D eigenvalue weighted by Gasteiger charge is 2.44. The summed E-state index contributed by atoms with van der Waals surface area (Å²) in [5.74, 6) is 1.01. The van der Waals surface area contributed by atoms with Gasteiger partial charge in [0.25, 0.3) is 0 Å². The minimum absolute atomic E-state index is 0.0728. The first-order valence-electron chi connectivity index (χ1n) is 6.41. The average molecular weight is 248 g/mol. The maximum Gasteiger partial charge on any atom is 0.308 e. The first-order chi connectivity index (χ1) is 8.54. The third-order valence-corrected chi connectivity index (χ3v) is 3.88. The molecule has 0 amide bonds. The molecule has 18 heavy (non-hydrogen) atoms. The molecule has 0 saturated heterocycles. The van der Waals surface area contributed by atoms with Gasteiger partial charge in [-0.25, -0.2) is 0 Å². The summed E-state index contributed by atoms with van der Waals surface area (Å²) in [4.78, 5) is 11.4. The van der Waals surface area contributed by atoms with Gasteiger partial charge in [0.15, 0.2) is 0 Å². The van der Waals surface area contributed by atoms with Crippen LogP contribution in [0.15, 0.2) is 18.2 Å². The molecule has 98 valence electrons. The Balaban J connectivity index is 2.01. The highest BCUT2D eigenvalue weighted by molar-refractivity contribution is 5.75. The number of phenolic OH excluding ortho intramolecular Hbond substituents is 1. The molecule has 3 heteroatoms. The van der Waals surface area contributed by atoms with Gasteiger partial charge in [-0.1, -0.05) is 19.1 Å². The van der Waals surface area contributed by atoms with Gasteiger partial charge in [0, 0.05) is 0 Å². The molecule has 1 aliphatic rings. The quantitative estimate of drug-likeness (QED) is 0.833. The molecule has 2 rings (SSSR count). The lowest BCUT2D eigenvalue weighted by Crippen LogP contribution is -2.06. The smallest absolute Gasteiger partial charge is 0.308 e. The van der Waals surface area contributed by atoms with Crippen LogP contribution in [0.2, 0.25) is 0 Å². The van der Waals surface area contributed by atoms with E-state index in [1.54, 1.807) is 6.07 Å². The van der Waals surface area contributed by atoms with E-state index >= 15 is 0 Å². The van der Waals surface area contributed by atoms with Crippen LogP contribution in [0, 0.1) is 18.8 Å². The molecule has 1 aliphatic carbocycles. The minimum Gasteiger partial charge on any atom is -0.508 e. The summed E-state index contributed by atoms with van der Waals surface area (Å²) in [6, 6.07) is 5.59. The first-order valence-corrected chi connectivity index (χ1v) is 6.41. The molecule has 1 fully saturated rings. The van der Waals surface area contributed by atoms with E-state index in [4.69, 9.17) is 4.74 Å². The van der Waals surface area contributed by atoms with Crippen molar-refractivity contribution in [2.75, 3.05) is 7.11 Å². The van der Waals surface area contributed by atoms with E-state index in [0.29, 0.717) is 11.7 Å². The number of hydrogen-bond donors (Lipinski definition) is 1. The topological polar surface area (TPSA) is 46.5 Å². The highest BCUT2D eigenvalue weighted by atomic mass is 16.5. The van der Waals surface area contributed by atoms with E-state index in [1.807, 2.05) is 19.1 Å². The van der Waals surface area contributed by atoms with Crippen LogP contribution in [0.5, 0.6) is 5.75 Å². The van der Waals surface area contributed by atoms with Gasteiger partial charge in [-0.2, -0.15) is 0 Å². The Kier molecular flexibility index (Phi) is 3.60. The fourth-order valence-corrected chi connectivity index (χ4v) is 2.83. The zero-order valence-electron chi connectivity index (χ0n) is 11.1. The van der Waals surface area contributed by atoms with Crippen LogP contribution in [-0.4, -0.2) is 18.2 Å². The number of hydrogen-bond acceptors (Lipinski definition) is 3. The molecule has 3 unspecified atom stereocenters. The molecule has 0 aromatic heterocycles. The Morgan fingerprint density at radius 1 is 1.56 bits per heavy atom. The molecule has 0 heterocycles. The van der Waals surface area contributed by atoms with Crippen molar-refractivity contribution >= 4 is 5.97 Å². The molecule has 0 radical (unpaired) electrons. The Bertz CT molecular complexity index is 433. The fourth-order valence-electron chi connectivity index (χ4n) is 2.83. The SMILES string of the molecule is COC(=O)C1CC1CC(C)c1c(C)cccc1O. The van der Waals surface area contributed by atoms with Crippen LogP contribution >= 0.6 is 0 Å². The molecule has 1 aromatic carbocycles. The molecule has 3 atom stereocenters. The third kappa shape index (κ3) is 2.50. The summed E-state index contributed by atoms with van der Waals surface area (Å²) in [6.45, 7) is 4.12. The first kappa shape index (κ1) is 12.9. The molecule has 0 aliphatic heterocycles. The van der Waals surface area contributed by atoms with Gasteiger partial charge in [0.05, 0.1) is 13.0 Å². The Morgan fingerprint density at radius 2 is 2.28 bits per heavy atom. The Morgan fingerprint density at radius 3 is 2.89 bits per heavy atom. The number of ether oxygens (including phenoxy) is 1. The van der Waals surface area contributed by atoms with Crippen molar-refractivity contribution in [1.29, 1.82) is 0 Å². The van der Waals surface area contributed by atoms with Gasteiger partial charge in [-0.05, 0) is 48.8 Å². The summed E-state index contributed by atoms with van der Waals surface area (Å²) >= 11 is 0. The predicted molar refractivity (Wildman–Crippen MR) is 69.5 cm³/mol. The monoisotopic (exact) mass is 248 g/mol. The minimum atomic E-state index is -0.0961. The van der Waals surface area contributed by atoms with Crippen LogP contribution in [0.3, 0.4) is 0 Å². The number of carbonyl (C=O) groups excluding carboxylic acids is 1. The van der Waals surface area contributed by atoms with Crippen LogP contribution in [0.1, 0.15) is 36.8 Å². The summed E-state index contributed by atoms with van der Waals surface area (Å²) in [5.41, 5.74) is 2.12. The second-order valence-electron chi connectivity index (χ2n) is 5.27. The van der Waals surface area contributed by atoms with Crippen molar-refractivity contribution < 1.29 is 14.6 Å². The molecule has 0 bridgehead atoms. The molecular weight excluding hydrogens is 228 g/mol. The number of esters is 1. The van der Waals surface area contributed by atoms with Crippen molar-refractivity contribution in [1.82, 2.24) is 0 Å². The zero-order valence-corrected chi connectivity index (χ0v) is 11.1. The summed E-state index contributed by atoms with van der Waals surface area (Å²) in [7, 11) is 1.44. The number of aromatic hydroxyl groups is 1. The van der Waals surface area contributed by atoms with Gasteiger partial charge < -0.3 is 9.84 Å². The number of phenols is 1. The van der Waals surface area contributed by atoms with Crippen LogP contribution in [0.25, 0.3) is 0 Å². The summed E-state index contributed by atoms with van der Waals surface area (Å²) < 4.78 is 4.75. The molecule has 1 N–H and O–H groups in total. The second-order valence-corrected chi connectivity index (χ2v) is 5.27.